The van der Waals surface area contributed by atoms with Gasteiger partial charge in [-0.2, -0.15) is 0 Å². The van der Waals surface area contributed by atoms with Crippen LogP contribution >= 0.6 is 0 Å². The van der Waals surface area contributed by atoms with Crippen molar-refractivity contribution < 1.29 is 69.1 Å². The lowest BCUT2D eigenvalue weighted by molar-refractivity contribution is 0.0552. The number of para-hydroxylation sites is 2. The summed E-state index contributed by atoms with van der Waals surface area (Å²) in [6, 6.07) is 15.7. The van der Waals surface area contributed by atoms with Crippen LogP contribution in [-0.2, 0) is 29.0 Å². The fourth-order valence-electron chi connectivity index (χ4n) is 4.36. The van der Waals surface area contributed by atoms with E-state index in [1.54, 1.807) is 36.4 Å². The van der Waals surface area contributed by atoms with Crippen molar-refractivity contribution in [1.29, 1.82) is 0 Å². The molecule has 0 amide bonds. The highest BCUT2D eigenvalue weighted by molar-refractivity contribution is 5.92. The van der Waals surface area contributed by atoms with Crippen LogP contribution in [-0.4, -0.2) is 122 Å². The number of oxime groups is 6. The predicted molar refractivity (Wildman–Crippen MR) is 210 cm³/mol. The number of hydrogen-bond acceptors (Lipinski definition) is 20. The monoisotopic (exact) mass is 804 g/mol. The summed E-state index contributed by atoms with van der Waals surface area (Å²) in [5.74, 6) is -1.40. The SMILES string of the molecule is COc1cccc(/C=N/OCCO/N=C/c2ccc(/C=N/OCCO/N=C/c3ccc(/C=N/OCCO/N=C/c4cccc(OC)c4O)c(O)c3O)c(O)c2O)c1O. The summed E-state index contributed by atoms with van der Waals surface area (Å²) < 4.78 is 10.1. The van der Waals surface area contributed by atoms with Gasteiger partial charge in [0.2, 0.25) is 0 Å². The number of hydrogen-bond donors (Lipinski definition) is 6. The van der Waals surface area contributed by atoms with E-state index in [1.165, 1.54) is 75.8 Å². The highest BCUT2D eigenvalue weighted by Gasteiger charge is 2.11. The van der Waals surface area contributed by atoms with Crippen LogP contribution in [0.25, 0.3) is 0 Å². The Kier molecular flexibility index (Phi) is 17.1. The average molecular weight is 805 g/mol. The van der Waals surface area contributed by atoms with E-state index < -0.39 is 23.0 Å². The van der Waals surface area contributed by atoms with Gasteiger partial charge in [0.25, 0.3) is 0 Å². The van der Waals surface area contributed by atoms with Gasteiger partial charge in [0.05, 0.1) is 51.5 Å². The Balaban J connectivity index is 1.10. The van der Waals surface area contributed by atoms with Gasteiger partial charge in [0, 0.05) is 33.4 Å². The van der Waals surface area contributed by atoms with Crippen LogP contribution < -0.4 is 9.47 Å². The minimum absolute atomic E-state index is 0.0197. The number of aromatic hydroxyl groups is 6. The molecule has 0 spiro atoms. The van der Waals surface area contributed by atoms with Crippen molar-refractivity contribution >= 4 is 37.3 Å². The van der Waals surface area contributed by atoms with Gasteiger partial charge < -0.3 is 69.1 Å². The van der Waals surface area contributed by atoms with Crippen molar-refractivity contribution in [3.05, 3.63) is 94.0 Å². The van der Waals surface area contributed by atoms with Gasteiger partial charge in [0.15, 0.2) is 85.6 Å². The van der Waals surface area contributed by atoms with Crippen LogP contribution in [0.3, 0.4) is 0 Å². The molecule has 0 bridgehead atoms. The van der Waals surface area contributed by atoms with Gasteiger partial charge >= 0.3 is 0 Å². The summed E-state index contributed by atoms with van der Waals surface area (Å²) in [7, 11) is 2.87. The Morgan fingerprint density at radius 2 is 0.569 bits per heavy atom. The van der Waals surface area contributed by atoms with Crippen LogP contribution in [0.1, 0.15) is 33.4 Å². The standard InChI is InChI=1S/C38H40N6O14/c1-51-31-7-3-5-25(33(31)45)19-39-53-13-15-55-41-21-27-9-11-29(37(49)35(27)47)23-43-57-17-18-58-44-24-30-12-10-28(36(48)38(30)50)22-42-56-16-14-54-40-20-26-6-4-8-32(52-2)34(26)46/h3-12,19-24,45-50H,13-18H2,1-2H3/b39-19+,40-20+,41-21+,42-22+,43-23+,44-24+. The molecule has 4 aromatic rings. The summed E-state index contributed by atoms with van der Waals surface area (Å²) in [5.41, 5.74) is 1.45. The second-order valence-electron chi connectivity index (χ2n) is 11.1. The third-order valence-corrected chi connectivity index (χ3v) is 7.32. The molecule has 0 heterocycles. The molecular weight excluding hydrogens is 764 g/mol. The van der Waals surface area contributed by atoms with E-state index in [-0.39, 0.29) is 73.4 Å². The molecule has 0 radical (unpaired) electrons. The number of ether oxygens (including phenoxy) is 2. The molecule has 306 valence electrons. The second kappa shape index (κ2) is 23.1. The molecule has 0 aromatic heterocycles. The van der Waals surface area contributed by atoms with Crippen LogP contribution in [0, 0.1) is 0 Å². The van der Waals surface area contributed by atoms with E-state index in [9.17, 15) is 30.6 Å². The van der Waals surface area contributed by atoms with E-state index in [1.807, 2.05) is 0 Å². The van der Waals surface area contributed by atoms with Crippen molar-refractivity contribution in [3.63, 3.8) is 0 Å². The van der Waals surface area contributed by atoms with Crippen LogP contribution in [0.2, 0.25) is 0 Å². The fourth-order valence-corrected chi connectivity index (χ4v) is 4.36. The number of rotatable bonds is 23. The first-order valence-corrected chi connectivity index (χ1v) is 17.0. The third-order valence-electron chi connectivity index (χ3n) is 7.32. The fraction of sp³-hybridized carbons (Fsp3) is 0.211. The third kappa shape index (κ3) is 12.9. The molecule has 0 saturated carbocycles. The number of nitrogens with zero attached hydrogens (tertiary/aromatic N) is 6. The molecule has 20 heteroatoms. The smallest absolute Gasteiger partial charge is 0.167 e. The predicted octanol–water partition coefficient (Wildman–Crippen LogP) is 4.14. The molecule has 4 aromatic carbocycles. The molecule has 0 fully saturated rings. The lowest BCUT2D eigenvalue weighted by Crippen LogP contribution is -1.99. The first-order chi connectivity index (χ1) is 28.2. The molecular formula is C38H40N6O14. The Morgan fingerprint density at radius 3 is 0.793 bits per heavy atom. The van der Waals surface area contributed by atoms with Gasteiger partial charge in [-0.25, -0.2) is 0 Å². The second-order valence-corrected chi connectivity index (χ2v) is 11.1. The summed E-state index contributed by atoms with van der Waals surface area (Å²) in [4.78, 5) is 30.5. The zero-order valence-corrected chi connectivity index (χ0v) is 31.1. The van der Waals surface area contributed by atoms with Crippen molar-refractivity contribution in [3.8, 4) is 46.0 Å². The number of phenolic OH excluding ortho intramolecular Hbond substituents is 6. The average Bonchev–Trinajstić information content (AvgIpc) is 3.23. The van der Waals surface area contributed by atoms with Crippen LogP contribution in [0.4, 0.5) is 0 Å². The van der Waals surface area contributed by atoms with Crippen molar-refractivity contribution in [2.75, 3.05) is 53.9 Å². The van der Waals surface area contributed by atoms with Gasteiger partial charge in [-0.15, -0.1) is 0 Å². The van der Waals surface area contributed by atoms with Gasteiger partial charge in [-0.1, -0.05) is 43.1 Å². The molecule has 0 atom stereocenters. The molecule has 4 rings (SSSR count). The van der Waals surface area contributed by atoms with Gasteiger partial charge in [-0.05, 0) is 48.5 Å². The highest BCUT2D eigenvalue weighted by Crippen LogP contribution is 2.32. The first-order valence-electron chi connectivity index (χ1n) is 17.0. The van der Waals surface area contributed by atoms with Gasteiger partial charge in [-0.3, -0.25) is 0 Å². The summed E-state index contributed by atoms with van der Waals surface area (Å²) in [5, 5.41) is 83.8. The molecule has 20 nitrogen and oxygen atoms in total. The topological polar surface area (TPSA) is 269 Å². The Hall–Kier alpha value is -7.90. The van der Waals surface area contributed by atoms with E-state index in [4.69, 9.17) is 38.5 Å². The van der Waals surface area contributed by atoms with E-state index in [2.05, 4.69) is 30.9 Å². The first kappa shape index (κ1) is 42.8. The molecule has 58 heavy (non-hydrogen) atoms. The molecule has 0 unspecified atom stereocenters. The zero-order chi connectivity index (χ0) is 41.5. The van der Waals surface area contributed by atoms with Crippen molar-refractivity contribution in [1.82, 2.24) is 0 Å². The normalized spacial score (nSPS) is 11.7. The molecule has 0 saturated heterocycles. The Bertz CT molecular complexity index is 1970. The summed E-state index contributed by atoms with van der Waals surface area (Å²) in [6.45, 7) is 0.0278. The highest BCUT2D eigenvalue weighted by atomic mass is 16.7. The Labute approximate surface area is 330 Å². The minimum atomic E-state index is -0.469. The van der Waals surface area contributed by atoms with Crippen LogP contribution in [0.5, 0.6) is 46.0 Å². The summed E-state index contributed by atoms with van der Waals surface area (Å²) in [6.07, 6.45) is 7.38. The van der Waals surface area contributed by atoms with E-state index >= 15 is 0 Å². The van der Waals surface area contributed by atoms with Crippen molar-refractivity contribution in [2.24, 2.45) is 30.9 Å². The molecule has 0 aliphatic rings. The lowest BCUT2D eigenvalue weighted by Gasteiger charge is -2.05. The molecule has 0 aliphatic carbocycles. The summed E-state index contributed by atoms with van der Waals surface area (Å²) >= 11 is 0. The number of benzene rings is 4. The van der Waals surface area contributed by atoms with Crippen molar-refractivity contribution in [2.45, 2.75) is 0 Å². The number of phenols is 6. The Morgan fingerprint density at radius 1 is 0.345 bits per heavy atom. The number of methoxy groups -OCH3 is 2. The van der Waals surface area contributed by atoms with E-state index in [0.717, 1.165) is 0 Å². The van der Waals surface area contributed by atoms with Crippen LogP contribution in [0.15, 0.2) is 91.6 Å². The zero-order valence-electron chi connectivity index (χ0n) is 31.1. The maximum atomic E-state index is 10.3. The van der Waals surface area contributed by atoms with Gasteiger partial charge in [0.1, 0.15) is 0 Å². The maximum absolute atomic E-state index is 10.3. The lowest BCUT2D eigenvalue weighted by atomic mass is 10.1. The van der Waals surface area contributed by atoms with E-state index in [0.29, 0.717) is 22.6 Å². The molecule has 6 N–H and O–H groups in total. The largest absolute Gasteiger partial charge is 0.504 e. The maximum Gasteiger partial charge on any atom is 0.167 e. The quantitative estimate of drug-likeness (QED) is 0.0266. The minimum Gasteiger partial charge on any atom is -0.504 e. The molecule has 0 aliphatic heterocycles.